The van der Waals surface area contributed by atoms with Gasteiger partial charge in [0.05, 0.1) is 5.56 Å². The molecule has 108 valence electrons. The zero-order chi connectivity index (χ0) is 15.2. The second kappa shape index (κ2) is 6.70. The Morgan fingerprint density at radius 3 is 2.43 bits per heavy atom. The number of para-hydroxylation sites is 1. The summed E-state index contributed by atoms with van der Waals surface area (Å²) >= 11 is 0. The monoisotopic (exact) mass is 284 g/mol. The average molecular weight is 284 g/mol. The fraction of sp³-hybridized carbons (Fsp3) is 0.176. The van der Waals surface area contributed by atoms with Gasteiger partial charge in [0.15, 0.2) is 5.78 Å². The summed E-state index contributed by atoms with van der Waals surface area (Å²) in [5.74, 6) is -1.14. The van der Waals surface area contributed by atoms with Crippen LogP contribution in [0, 0.1) is 6.92 Å². The van der Waals surface area contributed by atoms with E-state index in [9.17, 15) is 9.59 Å². The predicted octanol–water partition coefficient (Wildman–Crippen LogP) is 3.23. The Bertz CT molecular complexity index is 647. The maximum atomic E-state index is 12.0. The Balaban J connectivity index is 2.21. The van der Waals surface area contributed by atoms with Crippen LogP contribution in [0.4, 0.5) is 0 Å². The van der Waals surface area contributed by atoms with Gasteiger partial charge in [0.1, 0.15) is 18.8 Å². The molecule has 1 N–H and O–H groups in total. The van der Waals surface area contributed by atoms with Crippen molar-refractivity contribution in [1.82, 2.24) is 0 Å². The molecule has 0 atom stereocenters. The Labute approximate surface area is 123 Å². The van der Waals surface area contributed by atoms with E-state index in [1.807, 2.05) is 43.3 Å². The number of carboxylic acid groups (broad SMARTS) is 1. The SMILES string of the molecule is Cc1cccc(C(=O)CC(=O)O)c1OCc1ccccc1. The van der Waals surface area contributed by atoms with Crippen molar-refractivity contribution >= 4 is 11.8 Å². The highest BCUT2D eigenvalue weighted by Gasteiger charge is 2.17. The summed E-state index contributed by atoms with van der Waals surface area (Å²) in [7, 11) is 0. The molecule has 0 saturated carbocycles. The Kier molecular flexibility index (Phi) is 4.72. The first-order valence-electron chi connectivity index (χ1n) is 6.59. The Morgan fingerprint density at radius 1 is 1.05 bits per heavy atom. The summed E-state index contributed by atoms with van der Waals surface area (Å²) in [5.41, 5.74) is 2.10. The minimum atomic E-state index is -1.14. The lowest BCUT2D eigenvalue weighted by Gasteiger charge is -2.13. The summed E-state index contributed by atoms with van der Waals surface area (Å²) in [6.07, 6.45) is -0.537. The van der Waals surface area contributed by atoms with E-state index in [0.717, 1.165) is 11.1 Å². The van der Waals surface area contributed by atoms with Gasteiger partial charge in [-0.15, -0.1) is 0 Å². The van der Waals surface area contributed by atoms with Crippen LogP contribution >= 0.6 is 0 Å². The standard InChI is InChI=1S/C17H16O4/c1-12-6-5-9-14(15(18)10-16(19)20)17(12)21-11-13-7-3-2-4-8-13/h2-9H,10-11H2,1H3,(H,19,20). The number of rotatable bonds is 6. The molecule has 0 amide bonds. The first-order valence-corrected chi connectivity index (χ1v) is 6.59. The van der Waals surface area contributed by atoms with E-state index in [-0.39, 0.29) is 0 Å². The van der Waals surface area contributed by atoms with Crippen molar-refractivity contribution in [3.8, 4) is 5.75 Å². The number of carbonyl (C=O) groups is 2. The first kappa shape index (κ1) is 14.8. The second-order valence-corrected chi connectivity index (χ2v) is 4.72. The molecule has 0 aliphatic rings. The molecular formula is C17H16O4. The molecule has 21 heavy (non-hydrogen) atoms. The van der Waals surface area contributed by atoms with Crippen LogP contribution in [0.25, 0.3) is 0 Å². The zero-order valence-corrected chi connectivity index (χ0v) is 11.7. The third-order valence-electron chi connectivity index (χ3n) is 3.05. The van der Waals surface area contributed by atoms with Gasteiger partial charge >= 0.3 is 5.97 Å². The van der Waals surface area contributed by atoms with Gasteiger partial charge in [-0.05, 0) is 24.1 Å². The number of aliphatic carboxylic acids is 1. The molecule has 0 saturated heterocycles. The van der Waals surface area contributed by atoms with Gasteiger partial charge in [-0.1, -0.05) is 42.5 Å². The second-order valence-electron chi connectivity index (χ2n) is 4.72. The van der Waals surface area contributed by atoms with Crippen molar-refractivity contribution in [3.05, 3.63) is 65.2 Å². The lowest BCUT2D eigenvalue weighted by atomic mass is 10.0. The molecule has 4 nitrogen and oxygen atoms in total. The summed E-state index contributed by atoms with van der Waals surface area (Å²) in [4.78, 5) is 22.7. The molecule has 0 aliphatic carbocycles. The third-order valence-corrected chi connectivity index (χ3v) is 3.05. The number of ketones is 1. The van der Waals surface area contributed by atoms with Crippen molar-refractivity contribution in [2.45, 2.75) is 20.0 Å². The molecular weight excluding hydrogens is 268 g/mol. The van der Waals surface area contributed by atoms with E-state index >= 15 is 0 Å². The Hall–Kier alpha value is -2.62. The van der Waals surface area contributed by atoms with Crippen LogP contribution in [0.3, 0.4) is 0 Å². The number of benzene rings is 2. The maximum absolute atomic E-state index is 12.0. The number of aryl methyl sites for hydroxylation is 1. The van der Waals surface area contributed by atoms with E-state index < -0.39 is 18.2 Å². The molecule has 0 heterocycles. The van der Waals surface area contributed by atoms with E-state index in [1.54, 1.807) is 12.1 Å². The Morgan fingerprint density at radius 2 is 1.76 bits per heavy atom. The molecule has 4 heteroatoms. The van der Waals surface area contributed by atoms with Crippen LogP contribution in [-0.2, 0) is 11.4 Å². The van der Waals surface area contributed by atoms with E-state index in [0.29, 0.717) is 17.9 Å². The van der Waals surface area contributed by atoms with Gasteiger partial charge in [0.25, 0.3) is 0 Å². The lowest BCUT2D eigenvalue weighted by molar-refractivity contribution is -0.135. The molecule has 2 rings (SSSR count). The topological polar surface area (TPSA) is 63.6 Å². The van der Waals surface area contributed by atoms with Crippen LogP contribution in [0.5, 0.6) is 5.75 Å². The van der Waals surface area contributed by atoms with Crippen LogP contribution in [0.15, 0.2) is 48.5 Å². The minimum absolute atomic E-state index is 0.313. The number of hydrogen-bond donors (Lipinski definition) is 1. The molecule has 0 aliphatic heterocycles. The van der Waals surface area contributed by atoms with E-state index in [4.69, 9.17) is 9.84 Å². The summed E-state index contributed by atoms with van der Waals surface area (Å²) < 4.78 is 5.74. The van der Waals surface area contributed by atoms with E-state index in [1.165, 1.54) is 0 Å². The van der Waals surface area contributed by atoms with Gasteiger partial charge in [0, 0.05) is 0 Å². The van der Waals surface area contributed by atoms with Gasteiger partial charge in [-0.3, -0.25) is 9.59 Å². The normalized spacial score (nSPS) is 10.1. The summed E-state index contributed by atoms with van der Waals surface area (Å²) in [5, 5.41) is 8.75. The molecule has 0 radical (unpaired) electrons. The van der Waals surface area contributed by atoms with Crippen LogP contribution in [0.1, 0.15) is 27.9 Å². The van der Waals surface area contributed by atoms with Crippen molar-refractivity contribution in [2.24, 2.45) is 0 Å². The zero-order valence-electron chi connectivity index (χ0n) is 11.7. The number of carbonyl (C=O) groups excluding carboxylic acids is 1. The van der Waals surface area contributed by atoms with Gasteiger partial charge < -0.3 is 9.84 Å². The summed E-state index contributed by atoms with van der Waals surface area (Å²) in [6.45, 7) is 2.16. The lowest BCUT2D eigenvalue weighted by Crippen LogP contribution is -2.10. The first-order chi connectivity index (χ1) is 10.1. The van der Waals surface area contributed by atoms with E-state index in [2.05, 4.69) is 0 Å². The minimum Gasteiger partial charge on any atom is -0.488 e. The number of hydrogen-bond acceptors (Lipinski definition) is 3. The van der Waals surface area contributed by atoms with Crippen molar-refractivity contribution in [2.75, 3.05) is 0 Å². The van der Waals surface area contributed by atoms with Crippen molar-refractivity contribution in [3.63, 3.8) is 0 Å². The molecule has 0 unspecified atom stereocenters. The molecule has 0 spiro atoms. The quantitative estimate of drug-likeness (QED) is 0.653. The van der Waals surface area contributed by atoms with Crippen LogP contribution < -0.4 is 4.74 Å². The van der Waals surface area contributed by atoms with Gasteiger partial charge in [-0.2, -0.15) is 0 Å². The molecule has 0 aromatic heterocycles. The van der Waals surface area contributed by atoms with Gasteiger partial charge in [0.2, 0.25) is 0 Å². The highest BCUT2D eigenvalue weighted by Crippen LogP contribution is 2.25. The number of ether oxygens (including phenoxy) is 1. The number of Topliss-reactive ketones (excluding diaryl/α,β-unsaturated/α-hetero) is 1. The highest BCUT2D eigenvalue weighted by atomic mass is 16.5. The number of carboxylic acids is 1. The largest absolute Gasteiger partial charge is 0.488 e. The predicted molar refractivity (Wildman–Crippen MR) is 78.5 cm³/mol. The van der Waals surface area contributed by atoms with Crippen LogP contribution in [0.2, 0.25) is 0 Å². The molecule has 0 fully saturated rings. The van der Waals surface area contributed by atoms with Crippen LogP contribution in [-0.4, -0.2) is 16.9 Å². The summed E-state index contributed by atoms with van der Waals surface area (Å²) in [6, 6.07) is 14.7. The highest BCUT2D eigenvalue weighted by molar-refractivity contribution is 6.07. The third kappa shape index (κ3) is 3.92. The fourth-order valence-corrected chi connectivity index (χ4v) is 2.03. The molecule has 0 bridgehead atoms. The smallest absolute Gasteiger partial charge is 0.311 e. The van der Waals surface area contributed by atoms with Crippen molar-refractivity contribution < 1.29 is 19.4 Å². The van der Waals surface area contributed by atoms with Gasteiger partial charge in [-0.25, -0.2) is 0 Å². The fourth-order valence-electron chi connectivity index (χ4n) is 2.03. The maximum Gasteiger partial charge on any atom is 0.311 e. The average Bonchev–Trinajstić information content (AvgIpc) is 2.46. The van der Waals surface area contributed by atoms with Crippen molar-refractivity contribution in [1.29, 1.82) is 0 Å². The molecule has 2 aromatic rings. The molecule has 2 aromatic carbocycles.